The molecule has 112 valence electrons. The predicted octanol–water partition coefficient (Wildman–Crippen LogP) is 0.585. The number of benzene rings is 1. The lowest BCUT2D eigenvalue weighted by Gasteiger charge is -2.05. The standard InChI is InChI=1S/C13H16ClN5O2/c14-10-2-1-3-12(6-10)21-5-4-19-9-11(17-18-19)8-16-13(20)7-15/h1-3,6,9H,4-5,7-8,15H2,(H,16,20). The van der Waals surface area contributed by atoms with Crippen LogP contribution in [0.25, 0.3) is 0 Å². The van der Waals surface area contributed by atoms with Gasteiger partial charge in [0, 0.05) is 5.02 Å². The Morgan fingerprint density at radius 1 is 1.48 bits per heavy atom. The van der Waals surface area contributed by atoms with Gasteiger partial charge in [-0.2, -0.15) is 0 Å². The van der Waals surface area contributed by atoms with Crippen molar-refractivity contribution in [2.75, 3.05) is 13.2 Å². The number of carbonyl (C=O) groups excluding carboxylic acids is 1. The van der Waals surface area contributed by atoms with Crippen LogP contribution in [0.4, 0.5) is 0 Å². The third kappa shape index (κ3) is 5.05. The highest BCUT2D eigenvalue weighted by Crippen LogP contribution is 2.16. The van der Waals surface area contributed by atoms with Crippen molar-refractivity contribution in [3.8, 4) is 5.75 Å². The van der Waals surface area contributed by atoms with Crippen LogP contribution in [0.5, 0.6) is 5.75 Å². The average molecular weight is 310 g/mol. The van der Waals surface area contributed by atoms with Gasteiger partial charge in [-0.1, -0.05) is 22.9 Å². The Morgan fingerprint density at radius 2 is 2.33 bits per heavy atom. The maximum absolute atomic E-state index is 11.0. The van der Waals surface area contributed by atoms with Gasteiger partial charge in [0.2, 0.25) is 5.91 Å². The zero-order chi connectivity index (χ0) is 15.1. The molecule has 0 radical (unpaired) electrons. The first kappa shape index (κ1) is 15.3. The first-order valence-corrected chi connectivity index (χ1v) is 6.79. The Labute approximate surface area is 127 Å². The predicted molar refractivity (Wildman–Crippen MR) is 77.9 cm³/mol. The van der Waals surface area contributed by atoms with E-state index in [9.17, 15) is 4.79 Å². The van der Waals surface area contributed by atoms with Crippen molar-refractivity contribution in [2.45, 2.75) is 13.1 Å². The second kappa shape index (κ2) is 7.61. The smallest absolute Gasteiger partial charge is 0.234 e. The fourth-order valence-electron chi connectivity index (χ4n) is 1.60. The fraction of sp³-hybridized carbons (Fsp3) is 0.308. The summed E-state index contributed by atoms with van der Waals surface area (Å²) in [7, 11) is 0. The molecule has 7 nitrogen and oxygen atoms in total. The second-order valence-corrected chi connectivity index (χ2v) is 4.70. The molecular formula is C13H16ClN5O2. The molecule has 0 aliphatic rings. The number of halogens is 1. The van der Waals surface area contributed by atoms with Crippen molar-refractivity contribution in [3.05, 3.63) is 41.2 Å². The van der Waals surface area contributed by atoms with E-state index >= 15 is 0 Å². The monoisotopic (exact) mass is 309 g/mol. The quantitative estimate of drug-likeness (QED) is 0.780. The van der Waals surface area contributed by atoms with Crippen LogP contribution < -0.4 is 15.8 Å². The molecule has 1 aromatic heterocycles. The number of rotatable bonds is 7. The molecule has 3 N–H and O–H groups in total. The van der Waals surface area contributed by atoms with Crippen LogP contribution >= 0.6 is 11.6 Å². The van der Waals surface area contributed by atoms with Crippen molar-refractivity contribution < 1.29 is 9.53 Å². The maximum Gasteiger partial charge on any atom is 0.234 e. The Bertz CT molecular complexity index is 602. The molecule has 0 aliphatic carbocycles. The zero-order valence-electron chi connectivity index (χ0n) is 11.3. The van der Waals surface area contributed by atoms with Gasteiger partial charge in [0.25, 0.3) is 0 Å². The van der Waals surface area contributed by atoms with Crippen LogP contribution in [0.3, 0.4) is 0 Å². The molecule has 2 rings (SSSR count). The van der Waals surface area contributed by atoms with Crippen LogP contribution in [-0.2, 0) is 17.9 Å². The summed E-state index contributed by atoms with van der Waals surface area (Å²) in [5.74, 6) is 0.479. The van der Waals surface area contributed by atoms with E-state index in [1.165, 1.54) is 0 Å². The summed E-state index contributed by atoms with van der Waals surface area (Å²) in [6.07, 6.45) is 1.75. The van der Waals surface area contributed by atoms with E-state index in [-0.39, 0.29) is 12.5 Å². The SMILES string of the molecule is NCC(=O)NCc1cn(CCOc2cccc(Cl)c2)nn1. The topological polar surface area (TPSA) is 95.1 Å². The zero-order valence-corrected chi connectivity index (χ0v) is 12.1. The van der Waals surface area contributed by atoms with Crippen molar-refractivity contribution in [1.82, 2.24) is 20.3 Å². The number of hydrogen-bond acceptors (Lipinski definition) is 5. The minimum Gasteiger partial charge on any atom is -0.492 e. The molecule has 0 unspecified atom stereocenters. The van der Waals surface area contributed by atoms with E-state index < -0.39 is 0 Å². The third-order valence-corrected chi connectivity index (χ3v) is 2.86. The van der Waals surface area contributed by atoms with E-state index in [1.54, 1.807) is 23.0 Å². The molecule has 0 saturated carbocycles. The van der Waals surface area contributed by atoms with Crippen LogP contribution in [0, 0.1) is 0 Å². The molecule has 1 aromatic carbocycles. The van der Waals surface area contributed by atoms with Gasteiger partial charge in [-0.15, -0.1) is 5.10 Å². The highest BCUT2D eigenvalue weighted by atomic mass is 35.5. The molecule has 0 aliphatic heterocycles. The van der Waals surface area contributed by atoms with Gasteiger partial charge in [-0.3, -0.25) is 4.79 Å². The Hall–Kier alpha value is -2.12. The molecule has 0 fully saturated rings. The van der Waals surface area contributed by atoms with Crippen LogP contribution in [-0.4, -0.2) is 34.1 Å². The number of carbonyl (C=O) groups is 1. The highest BCUT2D eigenvalue weighted by Gasteiger charge is 2.03. The van der Waals surface area contributed by atoms with E-state index in [4.69, 9.17) is 22.1 Å². The van der Waals surface area contributed by atoms with Crippen LogP contribution in [0.15, 0.2) is 30.5 Å². The Kier molecular flexibility index (Phi) is 5.53. The molecule has 0 spiro atoms. The summed E-state index contributed by atoms with van der Waals surface area (Å²) >= 11 is 5.87. The molecule has 2 aromatic rings. The lowest BCUT2D eigenvalue weighted by molar-refractivity contribution is -0.119. The number of ether oxygens (including phenoxy) is 1. The number of nitrogens with two attached hydrogens (primary N) is 1. The average Bonchev–Trinajstić information content (AvgIpc) is 2.93. The lowest BCUT2D eigenvalue weighted by atomic mass is 10.3. The summed E-state index contributed by atoms with van der Waals surface area (Å²) in [5, 5.41) is 11.1. The normalized spacial score (nSPS) is 10.4. The van der Waals surface area contributed by atoms with Crippen molar-refractivity contribution in [3.63, 3.8) is 0 Å². The van der Waals surface area contributed by atoms with Gasteiger partial charge in [-0.05, 0) is 18.2 Å². The summed E-state index contributed by atoms with van der Waals surface area (Å²) in [4.78, 5) is 11.0. The minimum atomic E-state index is -0.228. The molecule has 21 heavy (non-hydrogen) atoms. The number of hydrogen-bond donors (Lipinski definition) is 2. The van der Waals surface area contributed by atoms with Crippen molar-refractivity contribution >= 4 is 17.5 Å². The fourth-order valence-corrected chi connectivity index (χ4v) is 1.78. The first-order chi connectivity index (χ1) is 10.2. The van der Waals surface area contributed by atoms with Gasteiger partial charge < -0.3 is 15.8 Å². The van der Waals surface area contributed by atoms with E-state index in [2.05, 4.69) is 15.6 Å². The Morgan fingerprint density at radius 3 is 3.10 bits per heavy atom. The molecule has 0 saturated heterocycles. The summed E-state index contributed by atoms with van der Waals surface area (Å²) in [6, 6.07) is 7.19. The lowest BCUT2D eigenvalue weighted by Crippen LogP contribution is -2.29. The molecule has 0 atom stereocenters. The summed E-state index contributed by atoms with van der Waals surface area (Å²) < 4.78 is 7.20. The van der Waals surface area contributed by atoms with Crippen LogP contribution in [0.2, 0.25) is 5.02 Å². The van der Waals surface area contributed by atoms with Gasteiger partial charge in [0.15, 0.2) is 0 Å². The van der Waals surface area contributed by atoms with Crippen LogP contribution in [0.1, 0.15) is 5.69 Å². The van der Waals surface area contributed by atoms with E-state index in [0.717, 1.165) is 0 Å². The number of nitrogens with zero attached hydrogens (tertiary/aromatic N) is 3. The molecule has 1 amide bonds. The van der Waals surface area contributed by atoms with Crippen molar-refractivity contribution in [2.24, 2.45) is 5.73 Å². The summed E-state index contributed by atoms with van der Waals surface area (Å²) in [5.41, 5.74) is 5.86. The van der Waals surface area contributed by atoms with Crippen molar-refractivity contribution in [1.29, 1.82) is 0 Å². The van der Waals surface area contributed by atoms with E-state index in [0.29, 0.717) is 36.2 Å². The molecule has 1 heterocycles. The van der Waals surface area contributed by atoms with E-state index in [1.807, 2.05) is 12.1 Å². The second-order valence-electron chi connectivity index (χ2n) is 4.26. The number of aromatic nitrogens is 3. The molecular weight excluding hydrogens is 294 g/mol. The van der Waals surface area contributed by atoms with Gasteiger partial charge in [-0.25, -0.2) is 4.68 Å². The number of nitrogens with one attached hydrogen (secondary N) is 1. The Balaban J connectivity index is 1.76. The van der Waals surface area contributed by atoms with Gasteiger partial charge in [0.1, 0.15) is 18.1 Å². The molecule has 8 heteroatoms. The first-order valence-electron chi connectivity index (χ1n) is 6.41. The largest absolute Gasteiger partial charge is 0.492 e. The third-order valence-electron chi connectivity index (χ3n) is 2.62. The highest BCUT2D eigenvalue weighted by molar-refractivity contribution is 6.30. The summed E-state index contributed by atoms with van der Waals surface area (Å²) in [6.45, 7) is 1.26. The minimum absolute atomic E-state index is 0.0401. The van der Waals surface area contributed by atoms with Gasteiger partial charge in [0.05, 0.1) is 25.8 Å². The number of amides is 1. The molecule has 0 bridgehead atoms. The van der Waals surface area contributed by atoms with Gasteiger partial charge >= 0.3 is 0 Å². The maximum atomic E-state index is 11.0.